The Kier molecular flexibility index (Phi) is 10.3. The van der Waals surface area contributed by atoms with Gasteiger partial charge in [0.15, 0.2) is 0 Å². The number of ether oxygens (including phenoxy) is 1. The third kappa shape index (κ3) is 7.09. The molecule has 0 spiro atoms. The molecule has 0 aromatic heterocycles. The van der Waals surface area contributed by atoms with Gasteiger partial charge in [-0.05, 0) is 13.3 Å². The van der Waals surface area contributed by atoms with E-state index in [0.717, 1.165) is 37.1 Å². The summed E-state index contributed by atoms with van der Waals surface area (Å²) in [6.45, 7) is 12.2. The number of hydrogen-bond acceptors (Lipinski definition) is 2. The van der Waals surface area contributed by atoms with Gasteiger partial charge in [0.25, 0.3) is 0 Å². The topological polar surface area (TPSA) is 26.3 Å². The summed E-state index contributed by atoms with van der Waals surface area (Å²) >= 11 is 0. The Morgan fingerprint density at radius 3 is 2.43 bits per heavy atom. The molecule has 0 heterocycles. The number of nitrogens with zero attached hydrogens (tertiary/aromatic N) is 1. The van der Waals surface area contributed by atoms with Crippen LogP contribution in [0.15, 0.2) is 43.0 Å². The molecular weight excluding hydrogens is 377 g/mol. The molecule has 1 unspecified atom stereocenters. The molecule has 1 aromatic carbocycles. The Balaban J connectivity index is 0.00000400. The number of esters is 1. The fourth-order valence-corrected chi connectivity index (χ4v) is 2.54. The monoisotopic (exact) mass is 403 g/mol. The Hall–Kier alpha value is -0.880. The van der Waals surface area contributed by atoms with Crippen molar-refractivity contribution in [3.63, 3.8) is 0 Å². The van der Waals surface area contributed by atoms with Crippen LogP contribution in [-0.4, -0.2) is 36.7 Å². The minimum Gasteiger partial charge on any atom is -1.00 e. The average molecular weight is 403 g/mol. The molecule has 0 saturated carbocycles. The highest BCUT2D eigenvalue weighted by Crippen LogP contribution is 2.15. The SMILES string of the molecule is C=CC(=O)OCC[N+](CC)(CCC)Cc1ccccc1.[I-]. The van der Waals surface area contributed by atoms with Crippen LogP contribution in [0.2, 0.25) is 0 Å². The smallest absolute Gasteiger partial charge is 0.330 e. The van der Waals surface area contributed by atoms with Crippen LogP contribution in [-0.2, 0) is 16.1 Å². The third-order valence-corrected chi connectivity index (χ3v) is 3.71. The molecule has 1 aromatic rings. The minimum atomic E-state index is -0.338. The van der Waals surface area contributed by atoms with Gasteiger partial charge >= 0.3 is 5.97 Å². The van der Waals surface area contributed by atoms with Crippen molar-refractivity contribution in [2.75, 3.05) is 26.2 Å². The molecule has 0 N–H and O–H groups in total. The quantitative estimate of drug-likeness (QED) is 0.254. The predicted octanol–water partition coefficient (Wildman–Crippen LogP) is 0.167. The van der Waals surface area contributed by atoms with Gasteiger partial charge in [-0.1, -0.05) is 43.8 Å². The van der Waals surface area contributed by atoms with Crippen LogP contribution in [0.3, 0.4) is 0 Å². The zero-order valence-electron chi connectivity index (χ0n) is 13.1. The van der Waals surface area contributed by atoms with Crippen LogP contribution in [0.5, 0.6) is 0 Å². The lowest BCUT2D eigenvalue weighted by Crippen LogP contribution is -3.00. The highest BCUT2D eigenvalue weighted by Gasteiger charge is 2.25. The van der Waals surface area contributed by atoms with E-state index in [-0.39, 0.29) is 29.9 Å². The molecule has 1 atom stereocenters. The van der Waals surface area contributed by atoms with E-state index in [1.807, 2.05) is 6.07 Å². The van der Waals surface area contributed by atoms with Crippen molar-refractivity contribution in [2.45, 2.75) is 26.8 Å². The van der Waals surface area contributed by atoms with E-state index in [9.17, 15) is 4.79 Å². The zero-order valence-corrected chi connectivity index (χ0v) is 15.2. The van der Waals surface area contributed by atoms with Gasteiger partial charge in [-0.2, -0.15) is 0 Å². The predicted molar refractivity (Wildman–Crippen MR) is 82.1 cm³/mol. The summed E-state index contributed by atoms with van der Waals surface area (Å²) in [5.41, 5.74) is 1.33. The first-order valence-corrected chi connectivity index (χ1v) is 7.34. The van der Waals surface area contributed by atoms with E-state index in [0.29, 0.717) is 6.61 Å². The fourth-order valence-electron chi connectivity index (χ4n) is 2.54. The number of carbonyl (C=O) groups excluding carboxylic acids is 1. The highest BCUT2D eigenvalue weighted by atomic mass is 127. The van der Waals surface area contributed by atoms with Crippen molar-refractivity contribution < 1.29 is 38.0 Å². The lowest BCUT2D eigenvalue weighted by Gasteiger charge is -2.37. The second-order valence-corrected chi connectivity index (χ2v) is 5.12. The normalized spacial score (nSPS) is 12.9. The van der Waals surface area contributed by atoms with E-state index in [1.165, 1.54) is 11.6 Å². The molecule has 0 bridgehead atoms. The number of halogens is 1. The molecule has 4 heteroatoms. The van der Waals surface area contributed by atoms with Gasteiger partial charge in [0.1, 0.15) is 19.7 Å². The Bertz CT molecular complexity index is 422. The molecule has 0 fully saturated rings. The van der Waals surface area contributed by atoms with Gasteiger partial charge in [-0.15, -0.1) is 0 Å². The Morgan fingerprint density at radius 1 is 1.24 bits per heavy atom. The first kappa shape index (κ1) is 20.1. The van der Waals surface area contributed by atoms with E-state index >= 15 is 0 Å². The van der Waals surface area contributed by atoms with Crippen LogP contribution >= 0.6 is 0 Å². The standard InChI is InChI=1S/C17H26NO2.HI/c1-4-12-18(6-3,13-14-20-17(19)5-2)15-16-10-8-7-9-11-16;/h5,7-11H,2,4,6,12-15H2,1,3H3;1H/q+1;/p-1. The molecular formula is C17H26INO2. The maximum atomic E-state index is 11.2. The third-order valence-electron chi connectivity index (χ3n) is 3.71. The van der Waals surface area contributed by atoms with Crippen molar-refractivity contribution in [3.05, 3.63) is 48.6 Å². The largest absolute Gasteiger partial charge is 1.00 e. The van der Waals surface area contributed by atoms with Gasteiger partial charge in [-0.25, -0.2) is 4.79 Å². The van der Waals surface area contributed by atoms with E-state index in [2.05, 4.69) is 44.7 Å². The maximum Gasteiger partial charge on any atom is 0.330 e. The second kappa shape index (κ2) is 10.8. The number of rotatable bonds is 9. The van der Waals surface area contributed by atoms with Crippen molar-refractivity contribution in [1.29, 1.82) is 0 Å². The Labute approximate surface area is 145 Å². The van der Waals surface area contributed by atoms with Crippen LogP contribution < -0.4 is 24.0 Å². The second-order valence-electron chi connectivity index (χ2n) is 5.12. The molecule has 0 aliphatic carbocycles. The molecule has 0 aliphatic rings. The lowest BCUT2D eigenvalue weighted by atomic mass is 10.1. The van der Waals surface area contributed by atoms with Crippen molar-refractivity contribution in [1.82, 2.24) is 0 Å². The van der Waals surface area contributed by atoms with Crippen LogP contribution in [0, 0.1) is 0 Å². The molecule has 3 nitrogen and oxygen atoms in total. The van der Waals surface area contributed by atoms with Crippen molar-refractivity contribution in [3.8, 4) is 0 Å². The van der Waals surface area contributed by atoms with E-state index in [1.54, 1.807) is 0 Å². The highest BCUT2D eigenvalue weighted by molar-refractivity contribution is 5.81. The fraction of sp³-hybridized carbons (Fsp3) is 0.471. The maximum absolute atomic E-state index is 11.2. The summed E-state index contributed by atoms with van der Waals surface area (Å²) in [6.07, 6.45) is 2.34. The van der Waals surface area contributed by atoms with Crippen molar-refractivity contribution >= 4 is 5.97 Å². The summed E-state index contributed by atoms with van der Waals surface area (Å²) in [5, 5.41) is 0. The summed E-state index contributed by atoms with van der Waals surface area (Å²) in [4.78, 5) is 11.2. The van der Waals surface area contributed by atoms with Crippen LogP contribution in [0.4, 0.5) is 0 Å². The van der Waals surface area contributed by atoms with Gasteiger partial charge in [0.2, 0.25) is 0 Å². The van der Waals surface area contributed by atoms with Gasteiger partial charge < -0.3 is 33.2 Å². The number of carbonyl (C=O) groups is 1. The molecule has 0 amide bonds. The summed E-state index contributed by atoms with van der Waals surface area (Å²) in [6, 6.07) is 10.5. The molecule has 21 heavy (non-hydrogen) atoms. The molecule has 0 aliphatic heterocycles. The van der Waals surface area contributed by atoms with Gasteiger partial charge in [0, 0.05) is 11.6 Å². The van der Waals surface area contributed by atoms with Gasteiger partial charge in [0.05, 0.1) is 13.1 Å². The first-order valence-electron chi connectivity index (χ1n) is 7.34. The average Bonchev–Trinajstić information content (AvgIpc) is 2.48. The van der Waals surface area contributed by atoms with Crippen molar-refractivity contribution in [2.24, 2.45) is 0 Å². The zero-order chi connectivity index (χ0) is 14.8. The van der Waals surface area contributed by atoms with E-state index < -0.39 is 0 Å². The lowest BCUT2D eigenvalue weighted by molar-refractivity contribution is -0.939. The molecule has 0 saturated heterocycles. The van der Waals surface area contributed by atoms with Gasteiger partial charge in [-0.3, -0.25) is 0 Å². The molecule has 0 radical (unpaired) electrons. The van der Waals surface area contributed by atoms with E-state index in [4.69, 9.17) is 4.74 Å². The summed E-state index contributed by atoms with van der Waals surface area (Å²) in [7, 11) is 0. The minimum absolute atomic E-state index is 0. The van der Waals surface area contributed by atoms with Crippen LogP contribution in [0.25, 0.3) is 0 Å². The number of benzene rings is 1. The number of hydrogen-bond donors (Lipinski definition) is 0. The summed E-state index contributed by atoms with van der Waals surface area (Å²) < 4.78 is 6.11. The molecule has 1 rings (SSSR count). The first-order chi connectivity index (χ1) is 9.65. The number of likely N-dealkylation sites (N-methyl/N-ethyl adjacent to an activating group) is 1. The molecule has 118 valence electrons. The van der Waals surface area contributed by atoms with Crippen LogP contribution in [0.1, 0.15) is 25.8 Å². The Morgan fingerprint density at radius 2 is 1.90 bits per heavy atom. The number of quaternary nitrogens is 1. The summed E-state index contributed by atoms with van der Waals surface area (Å²) in [5.74, 6) is -0.338.